The van der Waals surface area contributed by atoms with Gasteiger partial charge in [-0.15, -0.1) is 0 Å². The van der Waals surface area contributed by atoms with Crippen molar-refractivity contribution < 1.29 is 18.8 Å². The predicted octanol–water partition coefficient (Wildman–Crippen LogP) is 4.39. The molecule has 3 aromatic rings. The number of carbonyl (C=O) groups excluding carboxylic acids is 1. The van der Waals surface area contributed by atoms with Gasteiger partial charge in [-0.2, -0.15) is 0 Å². The molecule has 0 saturated carbocycles. The fraction of sp³-hybridized carbons (Fsp3) is 0.462. The van der Waals surface area contributed by atoms with E-state index in [0.29, 0.717) is 23.0 Å². The Bertz CT molecular complexity index is 1100. The van der Waals surface area contributed by atoms with Crippen molar-refractivity contribution in [3.63, 3.8) is 0 Å². The SMILES string of the molecule is COc1ccc2c(CCC3CCN(Cc4ccccc4C(=O)N(C)C)CC3)noc2c1OC. The minimum absolute atomic E-state index is 0.0644. The molecule has 0 bridgehead atoms. The van der Waals surface area contributed by atoms with Gasteiger partial charge in [-0.25, -0.2) is 0 Å². The summed E-state index contributed by atoms with van der Waals surface area (Å²) in [5.74, 6) is 1.96. The lowest BCUT2D eigenvalue weighted by molar-refractivity contribution is 0.0824. The summed E-state index contributed by atoms with van der Waals surface area (Å²) in [6.07, 6.45) is 4.26. The second-order valence-electron chi connectivity index (χ2n) is 8.92. The first-order valence-corrected chi connectivity index (χ1v) is 11.5. The van der Waals surface area contributed by atoms with Crippen LogP contribution in [0.2, 0.25) is 0 Å². The average molecular weight is 452 g/mol. The average Bonchev–Trinajstić information content (AvgIpc) is 3.25. The molecular formula is C26H33N3O4. The van der Waals surface area contributed by atoms with Crippen LogP contribution >= 0.6 is 0 Å². The molecule has 176 valence electrons. The number of hydrogen-bond acceptors (Lipinski definition) is 6. The molecule has 0 atom stereocenters. The highest BCUT2D eigenvalue weighted by atomic mass is 16.5. The molecule has 1 aliphatic heterocycles. The molecule has 0 unspecified atom stereocenters. The summed E-state index contributed by atoms with van der Waals surface area (Å²) < 4.78 is 16.4. The molecule has 0 N–H and O–H groups in total. The zero-order valence-electron chi connectivity index (χ0n) is 20.0. The molecule has 1 aliphatic rings. The third kappa shape index (κ3) is 4.98. The van der Waals surface area contributed by atoms with E-state index in [-0.39, 0.29) is 5.91 Å². The number of hydrogen-bond donors (Lipinski definition) is 0. The number of likely N-dealkylation sites (tertiary alicyclic amines) is 1. The lowest BCUT2D eigenvalue weighted by Crippen LogP contribution is -2.34. The number of nitrogens with zero attached hydrogens (tertiary/aromatic N) is 3. The number of piperidine rings is 1. The number of rotatable bonds is 8. The maximum absolute atomic E-state index is 12.5. The predicted molar refractivity (Wildman–Crippen MR) is 128 cm³/mol. The Labute approximate surface area is 195 Å². The monoisotopic (exact) mass is 451 g/mol. The molecule has 1 aromatic heterocycles. The molecule has 0 aliphatic carbocycles. The Hall–Kier alpha value is -3.06. The van der Waals surface area contributed by atoms with E-state index in [4.69, 9.17) is 14.0 Å². The summed E-state index contributed by atoms with van der Waals surface area (Å²) in [5.41, 5.74) is 3.53. The molecule has 2 heterocycles. The van der Waals surface area contributed by atoms with Gasteiger partial charge in [-0.3, -0.25) is 9.69 Å². The molecule has 0 radical (unpaired) electrons. The molecule has 33 heavy (non-hydrogen) atoms. The molecule has 1 saturated heterocycles. The summed E-state index contributed by atoms with van der Waals surface area (Å²) in [5, 5.41) is 5.31. The molecule has 7 nitrogen and oxygen atoms in total. The van der Waals surface area contributed by atoms with E-state index < -0.39 is 0 Å². The largest absolute Gasteiger partial charge is 0.493 e. The van der Waals surface area contributed by atoms with Crippen LogP contribution in [-0.2, 0) is 13.0 Å². The van der Waals surface area contributed by atoms with E-state index in [0.717, 1.165) is 67.5 Å². The highest BCUT2D eigenvalue weighted by Crippen LogP contribution is 2.37. The van der Waals surface area contributed by atoms with Crippen LogP contribution in [0.15, 0.2) is 40.9 Å². The summed E-state index contributed by atoms with van der Waals surface area (Å²) >= 11 is 0. The number of benzene rings is 2. The van der Waals surface area contributed by atoms with E-state index in [2.05, 4.69) is 16.1 Å². The van der Waals surface area contributed by atoms with Crippen molar-refractivity contribution in [2.75, 3.05) is 41.4 Å². The van der Waals surface area contributed by atoms with E-state index in [9.17, 15) is 4.79 Å². The summed E-state index contributed by atoms with van der Waals surface area (Å²) in [6.45, 7) is 2.90. The van der Waals surface area contributed by atoms with Crippen molar-refractivity contribution in [2.24, 2.45) is 5.92 Å². The van der Waals surface area contributed by atoms with Crippen LogP contribution in [0.4, 0.5) is 0 Å². The van der Waals surface area contributed by atoms with Crippen molar-refractivity contribution >= 4 is 16.9 Å². The smallest absolute Gasteiger partial charge is 0.253 e. The van der Waals surface area contributed by atoms with Gasteiger partial charge >= 0.3 is 0 Å². The lowest BCUT2D eigenvalue weighted by Gasteiger charge is -2.32. The number of methoxy groups -OCH3 is 2. The van der Waals surface area contributed by atoms with Crippen molar-refractivity contribution in [1.29, 1.82) is 0 Å². The molecule has 2 aromatic carbocycles. The van der Waals surface area contributed by atoms with Crippen molar-refractivity contribution in [2.45, 2.75) is 32.2 Å². The highest BCUT2D eigenvalue weighted by Gasteiger charge is 2.23. The number of ether oxygens (including phenoxy) is 2. The molecular weight excluding hydrogens is 418 g/mol. The Morgan fingerprint density at radius 1 is 1.12 bits per heavy atom. The minimum atomic E-state index is 0.0644. The third-order valence-corrected chi connectivity index (χ3v) is 6.60. The quantitative estimate of drug-likeness (QED) is 0.506. The second kappa shape index (κ2) is 10.3. The molecule has 0 spiro atoms. The van der Waals surface area contributed by atoms with Crippen LogP contribution < -0.4 is 9.47 Å². The Kier molecular flexibility index (Phi) is 7.18. The van der Waals surface area contributed by atoms with Crippen LogP contribution in [-0.4, -0.2) is 62.3 Å². The van der Waals surface area contributed by atoms with E-state index in [1.54, 1.807) is 33.2 Å². The molecule has 1 fully saturated rings. The molecule has 7 heteroatoms. The van der Waals surface area contributed by atoms with E-state index >= 15 is 0 Å². The van der Waals surface area contributed by atoms with E-state index in [1.807, 2.05) is 30.3 Å². The highest BCUT2D eigenvalue weighted by molar-refractivity contribution is 5.95. The van der Waals surface area contributed by atoms with Gasteiger partial charge < -0.3 is 18.9 Å². The molecule has 4 rings (SSSR count). The van der Waals surface area contributed by atoms with Gasteiger partial charge in [0.1, 0.15) is 0 Å². The van der Waals surface area contributed by atoms with E-state index in [1.165, 1.54) is 0 Å². The fourth-order valence-electron chi connectivity index (χ4n) is 4.67. The Morgan fingerprint density at radius 3 is 2.58 bits per heavy atom. The maximum atomic E-state index is 12.5. The minimum Gasteiger partial charge on any atom is -0.493 e. The zero-order chi connectivity index (χ0) is 23.4. The summed E-state index contributed by atoms with van der Waals surface area (Å²) in [7, 11) is 6.83. The van der Waals surface area contributed by atoms with Gasteiger partial charge in [0.2, 0.25) is 11.3 Å². The van der Waals surface area contributed by atoms with Gasteiger partial charge in [0, 0.05) is 31.6 Å². The number of aryl methyl sites for hydroxylation is 1. The van der Waals surface area contributed by atoms with Crippen molar-refractivity contribution in [3.05, 3.63) is 53.2 Å². The first kappa shape index (κ1) is 23.1. The second-order valence-corrected chi connectivity index (χ2v) is 8.92. The third-order valence-electron chi connectivity index (χ3n) is 6.60. The van der Waals surface area contributed by atoms with Crippen molar-refractivity contribution in [3.8, 4) is 11.5 Å². The molecule has 1 amide bonds. The van der Waals surface area contributed by atoms with Crippen LogP contribution in [0, 0.1) is 5.92 Å². The number of fused-ring (bicyclic) bond motifs is 1. The number of aromatic nitrogens is 1. The summed E-state index contributed by atoms with van der Waals surface area (Å²) in [4.78, 5) is 16.6. The van der Waals surface area contributed by atoms with Gasteiger partial charge in [-0.1, -0.05) is 23.4 Å². The van der Waals surface area contributed by atoms with Crippen LogP contribution in [0.1, 0.15) is 40.9 Å². The van der Waals surface area contributed by atoms with Crippen LogP contribution in [0.25, 0.3) is 11.0 Å². The Balaban J connectivity index is 1.33. The lowest BCUT2D eigenvalue weighted by atomic mass is 9.90. The summed E-state index contributed by atoms with van der Waals surface area (Å²) in [6, 6.07) is 11.9. The fourth-order valence-corrected chi connectivity index (χ4v) is 4.67. The topological polar surface area (TPSA) is 68.0 Å². The van der Waals surface area contributed by atoms with Gasteiger partial charge in [-0.05, 0) is 68.5 Å². The van der Waals surface area contributed by atoms with Crippen LogP contribution in [0.3, 0.4) is 0 Å². The first-order chi connectivity index (χ1) is 16.0. The Morgan fingerprint density at radius 2 is 1.88 bits per heavy atom. The standard InChI is InChI=1S/C26H33N3O4/c1-28(2)26(30)20-8-6-5-7-19(20)17-29-15-13-18(14-16-29)9-11-22-21-10-12-23(31-3)25(32-4)24(21)33-27-22/h5-8,10,12,18H,9,11,13-17H2,1-4H3. The zero-order valence-corrected chi connectivity index (χ0v) is 20.0. The normalized spacial score (nSPS) is 15.0. The van der Waals surface area contributed by atoms with Crippen molar-refractivity contribution in [1.82, 2.24) is 15.0 Å². The maximum Gasteiger partial charge on any atom is 0.253 e. The van der Waals surface area contributed by atoms with Gasteiger partial charge in [0.05, 0.1) is 19.9 Å². The van der Waals surface area contributed by atoms with Crippen LogP contribution in [0.5, 0.6) is 11.5 Å². The van der Waals surface area contributed by atoms with Gasteiger partial charge in [0.25, 0.3) is 5.91 Å². The van der Waals surface area contributed by atoms with Gasteiger partial charge in [0.15, 0.2) is 5.75 Å². The first-order valence-electron chi connectivity index (χ1n) is 11.5. The number of amides is 1. The number of carbonyl (C=O) groups is 1.